The van der Waals surface area contributed by atoms with E-state index in [-0.39, 0.29) is 17.8 Å². The van der Waals surface area contributed by atoms with Crippen molar-refractivity contribution < 1.29 is 9.18 Å². The van der Waals surface area contributed by atoms with E-state index < -0.39 is 0 Å². The zero-order valence-electron chi connectivity index (χ0n) is 18.2. The highest BCUT2D eigenvalue weighted by molar-refractivity contribution is 5.94. The van der Waals surface area contributed by atoms with Crippen molar-refractivity contribution in [1.82, 2.24) is 14.5 Å². The molecule has 0 N–H and O–H groups in total. The number of piperidine rings is 1. The molecule has 0 spiro atoms. The van der Waals surface area contributed by atoms with E-state index in [0.717, 1.165) is 47.2 Å². The molecule has 0 bridgehead atoms. The Morgan fingerprint density at radius 2 is 1.72 bits per heavy atom. The van der Waals surface area contributed by atoms with Crippen molar-refractivity contribution in [2.75, 3.05) is 13.1 Å². The van der Waals surface area contributed by atoms with E-state index >= 15 is 0 Å². The van der Waals surface area contributed by atoms with Gasteiger partial charge in [-0.3, -0.25) is 4.79 Å². The molecule has 3 aromatic carbocycles. The van der Waals surface area contributed by atoms with E-state index in [9.17, 15) is 9.18 Å². The summed E-state index contributed by atoms with van der Waals surface area (Å²) in [5.74, 6) is 0.670. The first kappa shape index (κ1) is 20.4. The highest BCUT2D eigenvalue weighted by Gasteiger charge is 2.28. The first-order valence-electron chi connectivity index (χ1n) is 11.2. The lowest BCUT2D eigenvalue weighted by atomic mass is 10.0. The van der Waals surface area contributed by atoms with E-state index in [4.69, 9.17) is 4.98 Å². The number of amides is 1. The lowest BCUT2D eigenvalue weighted by molar-refractivity contribution is 0.0696. The van der Waals surface area contributed by atoms with Gasteiger partial charge >= 0.3 is 0 Å². The van der Waals surface area contributed by atoms with Crippen LogP contribution in [0.25, 0.3) is 22.4 Å². The summed E-state index contributed by atoms with van der Waals surface area (Å²) in [6.45, 7) is 3.45. The number of nitrogens with zero attached hydrogens (tertiary/aromatic N) is 3. The molecular weight excluding hydrogens is 401 g/mol. The molecule has 0 radical (unpaired) electrons. The number of carbonyl (C=O) groups excluding carboxylic acids is 1. The molecule has 1 saturated heterocycles. The van der Waals surface area contributed by atoms with Crippen LogP contribution >= 0.6 is 0 Å². The standard InChI is InChI=1S/C27H26FN3O/c1-2-19-8-10-21(11-9-19)27(32)30-16-14-23(15-17-30)31-25-18-22(28)12-13-24(25)29-26(31)20-6-4-3-5-7-20/h3-13,18,23H,2,14-17H2,1H3. The number of fused-ring (bicyclic) bond motifs is 1. The fraction of sp³-hybridized carbons (Fsp3) is 0.259. The van der Waals surface area contributed by atoms with Gasteiger partial charge in [-0.15, -0.1) is 0 Å². The van der Waals surface area contributed by atoms with Gasteiger partial charge in [-0.25, -0.2) is 9.37 Å². The number of rotatable bonds is 4. The zero-order chi connectivity index (χ0) is 22.1. The lowest BCUT2D eigenvalue weighted by Gasteiger charge is -2.33. The summed E-state index contributed by atoms with van der Waals surface area (Å²) in [6, 6.07) is 22.9. The Bertz CT molecular complexity index is 1240. The predicted octanol–water partition coefficient (Wildman–Crippen LogP) is 5.88. The summed E-state index contributed by atoms with van der Waals surface area (Å²) >= 11 is 0. The van der Waals surface area contributed by atoms with Crippen LogP contribution in [-0.2, 0) is 6.42 Å². The van der Waals surface area contributed by atoms with E-state index in [2.05, 4.69) is 11.5 Å². The third kappa shape index (κ3) is 3.79. The van der Waals surface area contributed by atoms with Crippen molar-refractivity contribution in [3.05, 3.63) is 89.7 Å². The molecule has 1 fully saturated rings. The van der Waals surface area contributed by atoms with Gasteiger partial charge in [0, 0.05) is 30.3 Å². The van der Waals surface area contributed by atoms with Crippen LogP contribution in [0.2, 0.25) is 0 Å². The number of halogens is 1. The minimum absolute atomic E-state index is 0.0796. The molecule has 1 amide bonds. The fourth-order valence-electron chi connectivity index (χ4n) is 4.62. The van der Waals surface area contributed by atoms with Crippen LogP contribution < -0.4 is 0 Å². The Balaban J connectivity index is 1.42. The Morgan fingerprint density at radius 1 is 1.00 bits per heavy atom. The van der Waals surface area contributed by atoms with Crippen LogP contribution in [0, 0.1) is 5.82 Å². The zero-order valence-corrected chi connectivity index (χ0v) is 18.2. The quantitative estimate of drug-likeness (QED) is 0.408. The number of hydrogen-bond acceptors (Lipinski definition) is 2. The van der Waals surface area contributed by atoms with Crippen molar-refractivity contribution in [3.8, 4) is 11.4 Å². The van der Waals surface area contributed by atoms with E-state index in [1.165, 1.54) is 11.6 Å². The van der Waals surface area contributed by atoms with E-state index in [1.807, 2.05) is 59.5 Å². The number of benzene rings is 3. The topological polar surface area (TPSA) is 38.1 Å². The van der Waals surface area contributed by atoms with Crippen molar-refractivity contribution in [2.24, 2.45) is 0 Å². The van der Waals surface area contributed by atoms with Gasteiger partial charge in [0.2, 0.25) is 0 Å². The van der Waals surface area contributed by atoms with E-state index in [1.54, 1.807) is 12.1 Å². The molecule has 32 heavy (non-hydrogen) atoms. The molecule has 162 valence electrons. The van der Waals surface area contributed by atoms with Gasteiger partial charge in [0.15, 0.2) is 0 Å². The molecule has 4 aromatic rings. The van der Waals surface area contributed by atoms with Gasteiger partial charge in [0.1, 0.15) is 11.6 Å². The normalized spacial score (nSPS) is 14.8. The predicted molar refractivity (Wildman–Crippen MR) is 125 cm³/mol. The molecule has 1 aliphatic heterocycles. The third-order valence-electron chi connectivity index (χ3n) is 6.41. The van der Waals surface area contributed by atoms with Gasteiger partial charge in [0.05, 0.1) is 11.0 Å². The Labute approximate surface area is 187 Å². The van der Waals surface area contributed by atoms with Crippen molar-refractivity contribution in [1.29, 1.82) is 0 Å². The van der Waals surface area contributed by atoms with Crippen LogP contribution in [0.15, 0.2) is 72.8 Å². The van der Waals surface area contributed by atoms with Gasteiger partial charge < -0.3 is 9.47 Å². The lowest BCUT2D eigenvalue weighted by Crippen LogP contribution is -2.39. The second-order valence-corrected chi connectivity index (χ2v) is 8.38. The number of aryl methyl sites for hydroxylation is 1. The summed E-state index contributed by atoms with van der Waals surface area (Å²) in [5.41, 5.74) is 4.58. The van der Waals surface area contributed by atoms with Crippen LogP contribution in [0.1, 0.15) is 41.7 Å². The first-order valence-corrected chi connectivity index (χ1v) is 11.2. The van der Waals surface area contributed by atoms with Gasteiger partial charge in [-0.2, -0.15) is 0 Å². The highest BCUT2D eigenvalue weighted by Crippen LogP contribution is 2.34. The fourth-order valence-corrected chi connectivity index (χ4v) is 4.62. The number of carbonyl (C=O) groups is 1. The average Bonchev–Trinajstić information content (AvgIpc) is 3.23. The maximum atomic E-state index is 14.1. The van der Waals surface area contributed by atoms with Crippen LogP contribution in [-0.4, -0.2) is 33.4 Å². The first-order chi connectivity index (χ1) is 15.6. The molecular formula is C27H26FN3O. The third-order valence-corrected chi connectivity index (χ3v) is 6.41. The summed E-state index contributed by atoms with van der Waals surface area (Å²) < 4.78 is 16.3. The Morgan fingerprint density at radius 3 is 2.41 bits per heavy atom. The molecule has 1 aromatic heterocycles. The summed E-state index contributed by atoms with van der Waals surface area (Å²) in [4.78, 5) is 19.8. The van der Waals surface area contributed by atoms with E-state index in [0.29, 0.717) is 13.1 Å². The minimum atomic E-state index is -0.263. The molecule has 4 nitrogen and oxygen atoms in total. The molecule has 0 atom stereocenters. The van der Waals surface area contributed by atoms with Gasteiger partial charge in [-0.05, 0) is 55.2 Å². The van der Waals surface area contributed by atoms with Crippen LogP contribution in [0.4, 0.5) is 4.39 Å². The summed E-state index contributed by atoms with van der Waals surface area (Å²) in [5, 5.41) is 0. The molecule has 0 unspecified atom stereocenters. The Hall–Kier alpha value is -3.47. The number of hydrogen-bond donors (Lipinski definition) is 0. The maximum absolute atomic E-state index is 14.1. The average molecular weight is 428 g/mol. The molecule has 1 aliphatic rings. The van der Waals surface area contributed by atoms with Crippen LogP contribution in [0.3, 0.4) is 0 Å². The minimum Gasteiger partial charge on any atom is -0.338 e. The largest absolute Gasteiger partial charge is 0.338 e. The van der Waals surface area contributed by atoms with Crippen molar-refractivity contribution in [3.63, 3.8) is 0 Å². The number of imidazole rings is 1. The molecule has 5 rings (SSSR count). The molecule has 5 heteroatoms. The maximum Gasteiger partial charge on any atom is 0.253 e. The molecule has 0 aliphatic carbocycles. The van der Waals surface area contributed by atoms with Gasteiger partial charge in [-0.1, -0.05) is 49.4 Å². The van der Waals surface area contributed by atoms with Crippen molar-refractivity contribution in [2.45, 2.75) is 32.2 Å². The number of likely N-dealkylation sites (tertiary alicyclic amines) is 1. The smallest absolute Gasteiger partial charge is 0.253 e. The SMILES string of the molecule is CCc1ccc(C(=O)N2CCC(n3c(-c4ccccc4)nc4ccc(F)cc43)CC2)cc1. The summed E-state index contributed by atoms with van der Waals surface area (Å²) in [6.07, 6.45) is 2.57. The second kappa shape index (κ2) is 8.58. The Kier molecular flexibility index (Phi) is 5.48. The van der Waals surface area contributed by atoms with Crippen molar-refractivity contribution >= 4 is 16.9 Å². The summed E-state index contributed by atoms with van der Waals surface area (Å²) in [7, 11) is 0. The number of aromatic nitrogens is 2. The monoisotopic (exact) mass is 427 g/mol. The molecule has 0 saturated carbocycles. The second-order valence-electron chi connectivity index (χ2n) is 8.38. The highest BCUT2D eigenvalue weighted by atomic mass is 19.1. The van der Waals surface area contributed by atoms with Crippen LogP contribution in [0.5, 0.6) is 0 Å². The molecule has 2 heterocycles. The van der Waals surface area contributed by atoms with Gasteiger partial charge in [0.25, 0.3) is 5.91 Å².